The molecule has 6 heteroatoms. The predicted molar refractivity (Wildman–Crippen MR) is 83.2 cm³/mol. The van der Waals surface area contributed by atoms with Crippen LogP contribution in [0, 0.1) is 11.7 Å². The standard InChI is InChI=1S/C16H16FN3OS/c1-10(2)7-14-19-20-16(21-14)13-9-22-15(18-13)8-11-5-3-4-6-12(11)17/h3-6,9-10H,7-8H2,1-2H3. The van der Waals surface area contributed by atoms with Crippen molar-refractivity contribution in [1.29, 1.82) is 0 Å². The second-order valence-electron chi connectivity index (χ2n) is 5.49. The number of nitrogens with zero attached hydrogens (tertiary/aromatic N) is 3. The Labute approximate surface area is 132 Å². The highest BCUT2D eigenvalue weighted by Gasteiger charge is 2.14. The molecule has 114 valence electrons. The lowest BCUT2D eigenvalue weighted by atomic mass is 10.1. The van der Waals surface area contributed by atoms with E-state index in [2.05, 4.69) is 29.0 Å². The highest BCUT2D eigenvalue weighted by atomic mass is 32.1. The van der Waals surface area contributed by atoms with Gasteiger partial charge in [-0.2, -0.15) is 0 Å². The lowest BCUT2D eigenvalue weighted by Gasteiger charge is -1.99. The molecule has 0 radical (unpaired) electrons. The molecule has 0 spiro atoms. The fourth-order valence-corrected chi connectivity index (χ4v) is 2.87. The smallest absolute Gasteiger partial charge is 0.267 e. The minimum absolute atomic E-state index is 0.212. The maximum Gasteiger partial charge on any atom is 0.267 e. The van der Waals surface area contributed by atoms with Crippen molar-refractivity contribution >= 4 is 11.3 Å². The van der Waals surface area contributed by atoms with E-state index in [1.807, 2.05) is 11.4 Å². The van der Waals surface area contributed by atoms with Crippen molar-refractivity contribution in [1.82, 2.24) is 15.2 Å². The number of benzene rings is 1. The van der Waals surface area contributed by atoms with Gasteiger partial charge in [-0.3, -0.25) is 0 Å². The molecule has 0 saturated heterocycles. The predicted octanol–water partition coefficient (Wildman–Crippen LogP) is 4.12. The molecular weight excluding hydrogens is 301 g/mol. The highest BCUT2D eigenvalue weighted by molar-refractivity contribution is 7.10. The van der Waals surface area contributed by atoms with E-state index in [1.54, 1.807) is 12.1 Å². The molecule has 0 amide bonds. The minimum Gasteiger partial charge on any atom is -0.419 e. The van der Waals surface area contributed by atoms with Crippen molar-refractivity contribution in [2.75, 3.05) is 0 Å². The first-order chi connectivity index (χ1) is 10.6. The average molecular weight is 317 g/mol. The van der Waals surface area contributed by atoms with Crippen LogP contribution in [0.1, 0.15) is 30.3 Å². The van der Waals surface area contributed by atoms with E-state index < -0.39 is 0 Å². The molecule has 0 fully saturated rings. The summed E-state index contributed by atoms with van der Waals surface area (Å²) in [6.07, 6.45) is 1.21. The Morgan fingerprint density at radius 1 is 1.23 bits per heavy atom. The number of rotatable bonds is 5. The second-order valence-corrected chi connectivity index (χ2v) is 6.44. The van der Waals surface area contributed by atoms with Gasteiger partial charge in [0, 0.05) is 18.2 Å². The number of halogens is 1. The number of hydrogen-bond acceptors (Lipinski definition) is 5. The molecule has 0 aliphatic carbocycles. The second kappa shape index (κ2) is 6.36. The van der Waals surface area contributed by atoms with Crippen LogP contribution in [-0.4, -0.2) is 15.2 Å². The molecular formula is C16H16FN3OS. The Hall–Kier alpha value is -2.08. The minimum atomic E-state index is -0.212. The van der Waals surface area contributed by atoms with Crippen LogP contribution in [0.2, 0.25) is 0 Å². The average Bonchev–Trinajstić information content (AvgIpc) is 3.10. The Bertz CT molecular complexity index is 766. The van der Waals surface area contributed by atoms with Crippen LogP contribution in [-0.2, 0) is 12.8 Å². The Morgan fingerprint density at radius 2 is 2.05 bits per heavy atom. The topological polar surface area (TPSA) is 51.8 Å². The molecule has 2 aromatic heterocycles. The van der Waals surface area contributed by atoms with Gasteiger partial charge in [0.25, 0.3) is 5.89 Å². The summed E-state index contributed by atoms with van der Waals surface area (Å²) in [5.74, 6) is 1.29. The van der Waals surface area contributed by atoms with Gasteiger partial charge in [0.05, 0.1) is 5.01 Å². The van der Waals surface area contributed by atoms with Gasteiger partial charge in [-0.1, -0.05) is 32.0 Å². The molecule has 0 N–H and O–H groups in total. The zero-order chi connectivity index (χ0) is 15.5. The van der Waals surface area contributed by atoms with Crippen LogP contribution < -0.4 is 0 Å². The molecule has 0 atom stereocenters. The van der Waals surface area contributed by atoms with Crippen LogP contribution in [0.25, 0.3) is 11.6 Å². The largest absolute Gasteiger partial charge is 0.419 e. The monoisotopic (exact) mass is 317 g/mol. The third-order valence-corrected chi connectivity index (χ3v) is 3.97. The van der Waals surface area contributed by atoms with Gasteiger partial charge in [0.15, 0.2) is 0 Å². The van der Waals surface area contributed by atoms with Crippen molar-refractivity contribution in [3.63, 3.8) is 0 Å². The van der Waals surface area contributed by atoms with Crippen LogP contribution in [0.15, 0.2) is 34.1 Å². The van der Waals surface area contributed by atoms with E-state index in [9.17, 15) is 4.39 Å². The Balaban J connectivity index is 1.76. The zero-order valence-corrected chi connectivity index (χ0v) is 13.2. The maximum atomic E-state index is 13.7. The van der Waals surface area contributed by atoms with Crippen LogP contribution in [0.4, 0.5) is 4.39 Å². The first-order valence-corrected chi connectivity index (χ1v) is 8.00. The first-order valence-electron chi connectivity index (χ1n) is 7.12. The molecule has 0 unspecified atom stereocenters. The van der Waals surface area contributed by atoms with E-state index in [-0.39, 0.29) is 5.82 Å². The van der Waals surface area contributed by atoms with E-state index in [0.29, 0.717) is 35.4 Å². The summed E-state index contributed by atoms with van der Waals surface area (Å²) in [6.45, 7) is 4.19. The maximum absolute atomic E-state index is 13.7. The van der Waals surface area contributed by atoms with Crippen LogP contribution in [0.3, 0.4) is 0 Å². The van der Waals surface area contributed by atoms with Gasteiger partial charge in [-0.05, 0) is 17.5 Å². The molecule has 4 nitrogen and oxygen atoms in total. The summed E-state index contributed by atoms with van der Waals surface area (Å²) in [6, 6.07) is 6.73. The SMILES string of the molecule is CC(C)Cc1nnc(-c2csc(Cc3ccccc3F)n2)o1. The molecule has 0 saturated carbocycles. The normalized spacial score (nSPS) is 11.3. The lowest BCUT2D eigenvalue weighted by Crippen LogP contribution is -1.93. The van der Waals surface area contributed by atoms with E-state index >= 15 is 0 Å². The van der Waals surface area contributed by atoms with Crippen molar-refractivity contribution in [2.45, 2.75) is 26.7 Å². The quantitative estimate of drug-likeness (QED) is 0.710. The fourth-order valence-electron chi connectivity index (χ4n) is 2.08. The first kappa shape index (κ1) is 14.8. The Kier molecular flexibility index (Phi) is 4.29. The van der Waals surface area contributed by atoms with Gasteiger partial charge < -0.3 is 4.42 Å². The molecule has 22 heavy (non-hydrogen) atoms. The number of hydrogen-bond donors (Lipinski definition) is 0. The van der Waals surface area contributed by atoms with E-state index in [0.717, 1.165) is 11.4 Å². The van der Waals surface area contributed by atoms with Gasteiger partial charge in [-0.25, -0.2) is 9.37 Å². The van der Waals surface area contributed by atoms with Crippen LogP contribution in [0.5, 0.6) is 0 Å². The molecule has 1 aromatic carbocycles. The third-order valence-electron chi connectivity index (χ3n) is 3.12. The molecule has 3 aromatic rings. The number of aromatic nitrogens is 3. The third kappa shape index (κ3) is 3.39. The van der Waals surface area contributed by atoms with Gasteiger partial charge in [0.2, 0.25) is 5.89 Å². The summed E-state index contributed by atoms with van der Waals surface area (Å²) in [5.41, 5.74) is 1.29. The summed E-state index contributed by atoms with van der Waals surface area (Å²) in [7, 11) is 0. The van der Waals surface area contributed by atoms with E-state index in [4.69, 9.17) is 4.42 Å². The molecule has 3 rings (SSSR count). The van der Waals surface area contributed by atoms with Gasteiger partial charge in [-0.15, -0.1) is 21.5 Å². The highest BCUT2D eigenvalue weighted by Crippen LogP contribution is 2.23. The summed E-state index contributed by atoms with van der Waals surface area (Å²) < 4.78 is 19.3. The lowest BCUT2D eigenvalue weighted by molar-refractivity contribution is 0.465. The van der Waals surface area contributed by atoms with Crippen molar-refractivity contribution in [3.05, 3.63) is 51.9 Å². The molecule has 0 aliphatic rings. The summed E-state index contributed by atoms with van der Waals surface area (Å²) in [4.78, 5) is 4.46. The molecule has 2 heterocycles. The zero-order valence-electron chi connectivity index (χ0n) is 12.4. The van der Waals surface area contributed by atoms with Gasteiger partial charge >= 0.3 is 0 Å². The Morgan fingerprint density at radius 3 is 2.82 bits per heavy atom. The van der Waals surface area contributed by atoms with Crippen LogP contribution >= 0.6 is 11.3 Å². The van der Waals surface area contributed by atoms with Crippen molar-refractivity contribution < 1.29 is 8.81 Å². The molecule has 0 aliphatic heterocycles. The van der Waals surface area contributed by atoms with Crippen molar-refractivity contribution in [2.24, 2.45) is 5.92 Å². The van der Waals surface area contributed by atoms with Crippen molar-refractivity contribution in [3.8, 4) is 11.6 Å². The number of thiazole rings is 1. The molecule has 0 bridgehead atoms. The summed E-state index contributed by atoms with van der Waals surface area (Å²) >= 11 is 1.47. The van der Waals surface area contributed by atoms with E-state index in [1.165, 1.54) is 17.4 Å². The fraction of sp³-hybridized carbons (Fsp3) is 0.312. The van der Waals surface area contributed by atoms with Gasteiger partial charge in [0.1, 0.15) is 11.5 Å². The summed E-state index contributed by atoms with van der Waals surface area (Å²) in [5, 5.41) is 10.7.